The van der Waals surface area contributed by atoms with E-state index in [-0.39, 0.29) is 23.4 Å². The number of hydrogen-bond donors (Lipinski definition) is 4. The van der Waals surface area contributed by atoms with Crippen LogP contribution in [0.5, 0.6) is 17.5 Å². The van der Waals surface area contributed by atoms with Crippen LogP contribution in [-0.4, -0.2) is 27.3 Å². The van der Waals surface area contributed by atoms with Gasteiger partial charge in [0.2, 0.25) is 5.88 Å². The molecule has 5 heteroatoms. The van der Waals surface area contributed by atoms with Crippen LogP contribution in [0.1, 0.15) is 31.9 Å². The molecule has 2 aliphatic rings. The van der Waals surface area contributed by atoms with E-state index in [9.17, 15) is 10.2 Å². The second kappa shape index (κ2) is 2.85. The van der Waals surface area contributed by atoms with Gasteiger partial charge in [-0.25, -0.2) is 0 Å². The maximum atomic E-state index is 9.74. The minimum absolute atomic E-state index is 0.00304. The molecule has 5 nitrogen and oxygen atoms in total. The van der Waals surface area contributed by atoms with Crippen LogP contribution in [0.25, 0.3) is 0 Å². The van der Waals surface area contributed by atoms with Gasteiger partial charge in [-0.1, -0.05) is 6.92 Å². The Hall–Kier alpha value is -1.36. The van der Waals surface area contributed by atoms with E-state index >= 15 is 0 Å². The van der Waals surface area contributed by atoms with Crippen LogP contribution in [0.15, 0.2) is 0 Å². The van der Waals surface area contributed by atoms with E-state index in [1.54, 1.807) is 0 Å². The summed E-state index contributed by atoms with van der Waals surface area (Å²) in [5.41, 5.74) is 0.291. The van der Waals surface area contributed by atoms with E-state index in [2.05, 4.69) is 17.2 Å². The molecule has 3 atom stereocenters. The first-order valence-electron chi connectivity index (χ1n) is 5.57. The predicted molar refractivity (Wildman–Crippen MR) is 57.7 cm³/mol. The number of ether oxygens (including phenoxy) is 1. The molecular formula is C11H16N2O3. The Bertz CT molecular complexity index is 443. The molecule has 1 saturated heterocycles. The summed E-state index contributed by atoms with van der Waals surface area (Å²) in [5, 5.41) is 22.7. The van der Waals surface area contributed by atoms with Gasteiger partial charge in [0.25, 0.3) is 0 Å². The molecule has 0 spiro atoms. The number of rotatable bonds is 0. The smallest absolute Gasteiger partial charge is 0.235 e. The molecule has 2 aliphatic heterocycles. The number of aromatic nitrogens is 1. The molecule has 0 aliphatic carbocycles. The summed E-state index contributed by atoms with van der Waals surface area (Å²) < 4.78 is 5.82. The van der Waals surface area contributed by atoms with Gasteiger partial charge in [-0.15, -0.1) is 0 Å². The van der Waals surface area contributed by atoms with Crippen LogP contribution >= 0.6 is 0 Å². The van der Waals surface area contributed by atoms with Crippen LogP contribution in [0, 0.1) is 5.92 Å². The number of piperidine rings is 1. The summed E-state index contributed by atoms with van der Waals surface area (Å²) in [4.78, 5) is 2.49. The first kappa shape index (κ1) is 9.84. The van der Waals surface area contributed by atoms with Gasteiger partial charge in [-0.05, 0) is 25.8 Å². The zero-order chi connectivity index (χ0) is 11.5. The minimum Gasteiger partial charge on any atom is -0.494 e. The van der Waals surface area contributed by atoms with Crippen molar-refractivity contribution in [2.75, 3.05) is 6.54 Å². The zero-order valence-corrected chi connectivity index (χ0v) is 9.37. The number of hydrogen-bond acceptors (Lipinski definition) is 4. The topological polar surface area (TPSA) is 77.5 Å². The molecule has 88 valence electrons. The fourth-order valence-corrected chi connectivity index (χ4v) is 3.00. The lowest BCUT2D eigenvalue weighted by atomic mass is 9.81. The maximum absolute atomic E-state index is 9.74. The highest BCUT2D eigenvalue weighted by Gasteiger charge is 2.51. The van der Waals surface area contributed by atoms with Crippen molar-refractivity contribution in [2.24, 2.45) is 5.92 Å². The molecule has 3 heterocycles. The molecule has 0 radical (unpaired) electrons. The third kappa shape index (κ3) is 1.09. The summed E-state index contributed by atoms with van der Waals surface area (Å²) in [5.74, 6) is 0.839. The average Bonchev–Trinajstić information content (AvgIpc) is 2.61. The summed E-state index contributed by atoms with van der Waals surface area (Å²) in [6.45, 7) is 5.07. The molecule has 0 saturated carbocycles. The average molecular weight is 224 g/mol. The SMILES string of the molecule is CC1CN[C@@H]2c3c(O)[nH]c(O)c3OC2(C)C1. The van der Waals surface area contributed by atoms with Crippen LogP contribution in [0.2, 0.25) is 0 Å². The Morgan fingerprint density at radius 1 is 1.38 bits per heavy atom. The van der Waals surface area contributed by atoms with E-state index in [0.717, 1.165) is 13.0 Å². The fourth-order valence-electron chi connectivity index (χ4n) is 3.00. The Balaban J connectivity index is 2.07. The van der Waals surface area contributed by atoms with E-state index in [0.29, 0.717) is 17.2 Å². The normalized spacial score (nSPS) is 36.6. The number of H-pyrrole nitrogens is 1. The molecule has 3 rings (SSSR count). The Labute approximate surface area is 93.4 Å². The van der Waals surface area contributed by atoms with Crippen LogP contribution in [-0.2, 0) is 0 Å². The third-order valence-corrected chi connectivity index (χ3v) is 3.61. The summed E-state index contributed by atoms with van der Waals surface area (Å²) >= 11 is 0. The highest BCUT2D eigenvalue weighted by Crippen LogP contribution is 2.54. The highest BCUT2D eigenvalue weighted by molar-refractivity contribution is 5.55. The van der Waals surface area contributed by atoms with Crippen molar-refractivity contribution in [1.29, 1.82) is 0 Å². The second-order valence-electron chi connectivity index (χ2n) is 5.13. The molecule has 1 aromatic heterocycles. The largest absolute Gasteiger partial charge is 0.494 e. The quantitative estimate of drug-likeness (QED) is 0.535. The van der Waals surface area contributed by atoms with Crippen LogP contribution in [0.3, 0.4) is 0 Å². The summed E-state index contributed by atoms with van der Waals surface area (Å²) in [6.07, 6.45) is 0.915. The Kier molecular flexibility index (Phi) is 1.75. The molecule has 1 aromatic rings. The van der Waals surface area contributed by atoms with E-state index in [4.69, 9.17) is 4.74 Å². The lowest BCUT2D eigenvalue weighted by Crippen LogP contribution is -2.49. The van der Waals surface area contributed by atoms with Crippen molar-refractivity contribution in [3.63, 3.8) is 0 Å². The lowest BCUT2D eigenvalue weighted by molar-refractivity contribution is 0.0242. The number of aromatic amines is 1. The first-order valence-corrected chi connectivity index (χ1v) is 5.57. The van der Waals surface area contributed by atoms with Crippen molar-refractivity contribution < 1.29 is 14.9 Å². The zero-order valence-electron chi connectivity index (χ0n) is 9.37. The highest BCUT2D eigenvalue weighted by atomic mass is 16.5. The minimum atomic E-state index is -0.369. The van der Waals surface area contributed by atoms with Crippen LogP contribution in [0.4, 0.5) is 0 Å². The van der Waals surface area contributed by atoms with Crippen molar-refractivity contribution >= 4 is 0 Å². The van der Waals surface area contributed by atoms with Crippen molar-refractivity contribution in [1.82, 2.24) is 10.3 Å². The molecule has 0 amide bonds. The Morgan fingerprint density at radius 2 is 2.12 bits per heavy atom. The monoisotopic (exact) mass is 224 g/mol. The van der Waals surface area contributed by atoms with Gasteiger partial charge >= 0.3 is 0 Å². The fraction of sp³-hybridized carbons (Fsp3) is 0.636. The van der Waals surface area contributed by atoms with Gasteiger partial charge < -0.3 is 20.3 Å². The van der Waals surface area contributed by atoms with Crippen molar-refractivity contribution in [3.8, 4) is 17.5 Å². The summed E-state index contributed by atoms with van der Waals surface area (Å²) in [7, 11) is 0. The van der Waals surface area contributed by atoms with Crippen molar-refractivity contribution in [3.05, 3.63) is 5.56 Å². The third-order valence-electron chi connectivity index (χ3n) is 3.61. The number of aromatic hydroxyl groups is 2. The molecule has 0 aromatic carbocycles. The predicted octanol–water partition coefficient (Wildman–Crippen LogP) is 1.25. The molecular weight excluding hydrogens is 208 g/mol. The van der Waals surface area contributed by atoms with E-state index in [1.165, 1.54) is 0 Å². The number of fused-ring (bicyclic) bond motifs is 3. The maximum Gasteiger partial charge on any atom is 0.235 e. The molecule has 4 N–H and O–H groups in total. The van der Waals surface area contributed by atoms with Gasteiger partial charge in [-0.2, -0.15) is 0 Å². The van der Waals surface area contributed by atoms with Gasteiger partial charge in [0.05, 0.1) is 11.6 Å². The van der Waals surface area contributed by atoms with E-state index < -0.39 is 0 Å². The Morgan fingerprint density at radius 3 is 2.88 bits per heavy atom. The molecule has 16 heavy (non-hydrogen) atoms. The van der Waals surface area contributed by atoms with Gasteiger partial charge in [0.15, 0.2) is 11.6 Å². The second-order valence-corrected chi connectivity index (χ2v) is 5.13. The van der Waals surface area contributed by atoms with Crippen LogP contribution < -0.4 is 10.1 Å². The van der Waals surface area contributed by atoms with Gasteiger partial charge in [0, 0.05) is 0 Å². The number of nitrogens with one attached hydrogen (secondary N) is 2. The molecule has 1 fully saturated rings. The standard InChI is InChI=1S/C11H16N2O3/c1-5-3-11(2)8(12-4-5)6-7(16-11)10(15)13-9(6)14/h5,8,12-15H,3-4H2,1-2H3/t5?,8-,11?/m1/s1. The molecule has 0 bridgehead atoms. The van der Waals surface area contributed by atoms with Gasteiger partial charge in [0.1, 0.15) is 5.60 Å². The summed E-state index contributed by atoms with van der Waals surface area (Å²) in [6, 6.07) is -0.0455. The lowest BCUT2D eigenvalue weighted by Gasteiger charge is -2.39. The van der Waals surface area contributed by atoms with E-state index in [1.807, 2.05) is 6.92 Å². The van der Waals surface area contributed by atoms with Crippen molar-refractivity contribution in [2.45, 2.75) is 31.9 Å². The molecule has 2 unspecified atom stereocenters. The van der Waals surface area contributed by atoms with Gasteiger partial charge in [-0.3, -0.25) is 4.98 Å². The first-order chi connectivity index (χ1) is 7.51.